The van der Waals surface area contributed by atoms with Gasteiger partial charge in [0.2, 0.25) is 15.9 Å². The quantitative estimate of drug-likeness (QED) is 0.176. The van der Waals surface area contributed by atoms with Crippen LogP contribution in [-0.2, 0) is 21.2 Å². The Kier molecular flexibility index (Phi) is 13.8. The van der Waals surface area contributed by atoms with E-state index in [2.05, 4.69) is 65.3 Å². The molecule has 7 nitrogen and oxygen atoms in total. The number of fused-ring (bicyclic) bond motifs is 1. The van der Waals surface area contributed by atoms with Crippen LogP contribution < -0.4 is 10.6 Å². The number of aliphatic hydroxyl groups excluding tert-OH is 1. The second-order valence-electron chi connectivity index (χ2n) is 10.0. The number of carbonyl (C=O) groups is 1. The van der Waals surface area contributed by atoms with Crippen molar-refractivity contribution in [3.05, 3.63) is 45.5 Å². The monoisotopic (exact) mass is 645 g/mol. The zero-order valence-electron chi connectivity index (χ0n) is 22.7. The van der Waals surface area contributed by atoms with E-state index in [9.17, 15) is 18.3 Å². The Hall–Kier alpha value is -1.27. The lowest BCUT2D eigenvalue weighted by Crippen LogP contribution is -2.49. The second-order valence-corrected chi connectivity index (χ2v) is 13.3. The summed E-state index contributed by atoms with van der Waals surface area (Å²) in [6, 6.07) is 11.7. The molecule has 0 unspecified atom stereocenters. The molecular formula is C28H44IN3O4S. The summed E-state index contributed by atoms with van der Waals surface area (Å²) in [7, 11) is -3.52. The Bertz CT molecular complexity index is 1090. The van der Waals surface area contributed by atoms with Crippen LogP contribution in [0.4, 0.5) is 0 Å². The number of sulfonamides is 1. The van der Waals surface area contributed by atoms with E-state index in [1.54, 1.807) is 0 Å². The number of nitrogens with zero attached hydrogens (tertiary/aromatic N) is 1. The van der Waals surface area contributed by atoms with Crippen molar-refractivity contribution in [2.24, 2.45) is 5.92 Å². The molecule has 0 aliphatic carbocycles. The standard InChI is InChI=1S/C28H44IN3O4S/c1-5-16-32(17-6-2)37(35,36)18-14-28(34)31-26(27(33)20-30-15-13-21(3)4)19-24-23-10-8-7-9-22(23)11-12-25(24)29/h7-12,21,26-27,30,33H,5-6,13-20H2,1-4H3,(H,31,34)/t26-,27+/m0/s1. The van der Waals surface area contributed by atoms with Gasteiger partial charge in [-0.2, -0.15) is 0 Å². The molecule has 1 amide bonds. The number of halogens is 1. The maximum absolute atomic E-state index is 13.0. The number of rotatable bonds is 17. The van der Waals surface area contributed by atoms with Gasteiger partial charge in [0.15, 0.2) is 0 Å². The van der Waals surface area contributed by atoms with Crippen LogP contribution in [0.15, 0.2) is 36.4 Å². The first kappa shape index (κ1) is 31.9. The maximum Gasteiger partial charge on any atom is 0.221 e. The Morgan fingerprint density at radius 3 is 2.41 bits per heavy atom. The lowest BCUT2D eigenvalue weighted by molar-refractivity contribution is -0.122. The summed E-state index contributed by atoms with van der Waals surface area (Å²) in [5, 5.41) is 19.6. The van der Waals surface area contributed by atoms with Gasteiger partial charge in [0.25, 0.3) is 0 Å². The lowest BCUT2D eigenvalue weighted by Gasteiger charge is -2.26. The van der Waals surface area contributed by atoms with Gasteiger partial charge in [-0.25, -0.2) is 12.7 Å². The van der Waals surface area contributed by atoms with Crippen LogP contribution in [0.2, 0.25) is 0 Å². The van der Waals surface area contributed by atoms with Gasteiger partial charge in [-0.3, -0.25) is 4.79 Å². The summed E-state index contributed by atoms with van der Waals surface area (Å²) >= 11 is 2.30. The zero-order chi connectivity index (χ0) is 27.4. The SMILES string of the molecule is CCCN(CCC)S(=O)(=O)CCC(=O)N[C@@H](Cc1c(I)ccc2ccccc12)[C@H](O)CNCCC(C)C. The summed E-state index contributed by atoms with van der Waals surface area (Å²) in [6.45, 7) is 10.2. The van der Waals surface area contributed by atoms with Gasteiger partial charge in [0.1, 0.15) is 0 Å². The predicted molar refractivity (Wildman–Crippen MR) is 161 cm³/mol. The molecule has 2 rings (SSSR count). The molecule has 0 radical (unpaired) electrons. The average molecular weight is 646 g/mol. The van der Waals surface area contributed by atoms with Crippen LogP contribution in [-0.4, -0.2) is 67.8 Å². The van der Waals surface area contributed by atoms with Crippen LogP contribution in [0.3, 0.4) is 0 Å². The molecule has 0 heterocycles. The summed E-state index contributed by atoms with van der Waals surface area (Å²) in [4.78, 5) is 13.0. The molecule has 37 heavy (non-hydrogen) atoms. The molecule has 2 atom stereocenters. The molecule has 3 N–H and O–H groups in total. The highest BCUT2D eigenvalue weighted by Gasteiger charge is 2.26. The van der Waals surface area contributed by atoms with E-state index >= 15 is 0 Å². The molecule has 0 saturated carbocycles. The molecule has 0 fully saturated rings. The smallest absolute Gasteiger partial charge is 0.221 e. The minimum Gasteiger partial charge on any atom is -0.390 e. The number of benzene rings is 2. The molecule has 0 aliphatic heterocycles. The molecule has 0 spiro atoms. The van der Waals surface area contributed by atoms with Gasteiger partial charge in [-0.15, -0.1) is 0 Å². The van der Waals surface area contributed by atoms with Crippen molar-refractivity contribution < 1.29 is 18.3 Å². The lowest BCUT2D eigenvalue weighted by atomic mass is 9.96. The molecule has 0 aliphatic rings. The van der Waals surface area contributed by atoms with Crippen molar-refractivity contribution in [2.45, 2.75) is 71.9 Å². The first-order valence-electron chi connectivity index (χ1n) is 13.4. The summed E-state index contributed by atoms with van der Waals surface area (Å²) in [6.07, 6.45) is 1.94. The van der Waals surface area contributed by atoms with Gasteiger partial charge < -0.3 is 15.7 Å². The third-order valence-corrected chi connectivity index (χ3v) is 9.28. The van der Waals surface area contributed by atoms with Gasteiger partial charge >= 0.3 is 0 Å². The second kappa shape index (κ2) is 16.0. The van der Waals surface area contributed by atoms with Crippen LogP contribution in [0.5, 0.6) is 0 Å². The summed E-state index contributed by atoms with van der Waals surface area (Å²) in [5.74, 6) is -0.0440. The van der Waals surface area contributed by atoms with E-state index < -0.39 is 22.2 Å². The van der Waals surface area contributed by atoms with Crippen molar-refractivity contribution in [3.63, 3.8) is 0 Å². The highest BCUT2D eigenvalue weighted by atomic mass is 127. The Labute approximate surface area is 237 Å². The summed E-state index contributed by atoms with van der Waals surface area (Å²) in [5.41, 5.74) is 1.06. The molecule has 2 aromatic rings. The third kappa shape index (κ3) is 10.4. The van der Waals surface area contributed by atoms with Gasteiger partial charge in [0.05, 0.1) is 17.9 Å². The number of carbonyl (C=O) groups excluding carboxylic acids is 1. The minimum absolute atomic E-state index is 0.136. The van der Waals surface area contributed by atoms with E-state index in [0.29, 0.717) is 32.0 Å². The fourth-order valence-corrected chi connectivity index (χ4v) is 6.64. The van der Waals surface area contributed by atoms with Crippen LogP contribution in [0.25, 0.3) is 10.8 Å². The number of amides is 1. The van der Waals surface area contributed by atoms with Crippen molar-refractivity contribution in [1.29, 1.82) is 0 Å². The first-order chi connectivity index (χ1) is 17.6. The van der Waals surface area contributed by atoms with E-state index in [4.69, 9.17) is 0 Å². The van der Waals surface area contributed by atoms with Crippen LogP contribution in [0.1, 0.15) is 58.9 Å². The van der Waals surface area contributed by atoms with Gasteiger partial charge in [-0.1, -0.05) is 58.0 Å². The largest absolute Gasteiger partial charge is 0.390 e. The fourth-order valence-electron chi connectivity index (χ4n) is 4.32. The van der Waals surface area contributed by atoms with Gasteiger partial charge in [-0.05, 0) is 83.1 Å². The van der Waals surface area contributed by atoms with Crippen molar-refractivity contribution >= 4 is 49.3 Å². The molecule has 208 valence electrons. The highest BCUT2D eigenvalue weighted by molar-refractivity contribution is 14.1. The number of hydrogen-bond donors (Lipinski definition) is 3. The Balaban J connectivity index is 2.17. The molecule has 9 heteroatoms. The van der Waals surface area contributed by atoms with Crippen LogP contribution in [0, 0.1) is 9.49 Å². The number of aliphatic hydroxyl groups is 1. The normalized spacial score (nSPS) is 13.8. The molecule has 0 aromatic heterocycles. The topological polar surface area (TPSA) is 98.7 Å². The van der Waals surface area contributed by atoms with Crippen molar-refractivity contribution in [1.82, 2.24) is 14.9 Å². The zero-order valence-corrected chi connectivity index (χ0v) is 25.6. The minimum atomic E-state index is -3.52. The summed E-state index contributed by atoms with van der Waals surface area (Å²) < 4.78 is 28.2. The number of hydrogen-bond acceptors (Lipinski definition) is 5. The average Bonchev–Trinajstić information content (AvgIpc) is 2.86. The Morgan fingerprint density at radius 2 is 1.76 bits per heavy atom. The Morgan fingerprint density at radius 1 is 1.08 bits per heavy atom. The predicted octanol–water partition coefficient (Wildman–Crippen LogP) is 4.31. The van der Waals surface area contributed by atoms with Crippen LogP contribution >= 0.6 is 22.6 Å². The fraction of sp³-hybridized carbons (Fsp3) is 0.607. The maximum atomic E-state index is 13.0. The molecular weight excluding hydrogens is 601 g/mol. The van der Waals surface area contributed by atoms with E-state index in [0.717, 1.165) is 45.7 Å². The molecule has 0 bridgehead atoms. The van der Waals surface area contributed by atoms with E-state index in [1.165, 1.54) is 4.31 Å². The van der Waals surface area contributed by atoms with E-state index in [-0.39, 0.29) is 18.1 Å². The molecule has 2 aromatic carbocycles. The van der Waals surface area contributed by atoms with E-state index in [1.807, 2.05) is 32.0 Å². The highest BCUT2D eigenvalue weighted by Crippen LogP contribution is 2.25. The molecule has 0 saturated heterocycles. The van der Waals surface area contributed by atoms with Crippen molar-refractivity contribution in [3.8, 4) is 0 Å². The van der Waals surface area contributed by atoms with Gasteiger partial charge in [0, 0.05) is 29.6 Å². The van der Waals surface area contributed by atoms with Crippen molar-refractivity contribution in [2.75, 3.05) is 31.9 Å². The number of nitrogens with one attached hydrogen (secondary N) is 2. The first-order valence-corrected chi connectivity index (χ1v) is 16.1. The third-order valence-electron chi connectivity index (χ3n) is 6.40.